The van der Waals surface area contributed by atoms with E-state index < -0.39 is 0 Å². The van der Waals surface area contributed by atoms with Crippen LogP contribution in [0.15, 0.2) is 72.0 Å². The zero-order chi connectivity index (χ0) is 21.6. The van der Waals surface area contributed by atoms with Crippen LogP contribution in [-0.2, 0) is 0 Å². The molecule has 1 aliphatic rings. The van der Waals surface area contributed by atoms with Crippen molar-refractivity contribution >= 4 is 11.7 Å². The lowest BCUT2D eigenvalue weighted by Crippen LogP contribution is -2.37. The Kier molecular flexibility index (Phi) is 6.13. The quantitative estimate of drug-likeness (QED) is 0.607. The maximum Gasteiger partial charge on any atom is 0.253 e. The Morgan fingerprint density at radius 2 is 1.97 bits per heavy atom. The van der Waals surface area contributed by atoms with Gasteiger partial charge in [-0.2, -0.15) is 5.10 Å². The van der Waals surface area contributed by atoms with Gasteiger partial charge >= 0.3 is 0 Å². The maximum absolute atomic E-state index is 13.1. The molecule has 6 nitrogen and oxygen atoms in total. The third-order valence-corrected chi connectivity index (χ3v) is 5.33. The average molecular weight is 412 g/mol. The van der Waals surface area contributed by atoms with Crippen molar-refractivity contribution in [3.05, 3.63) is 83.7 Å². The smallest absolute Gasteiger partial charge is 0.253 e. The second-order valence-electron chi connectivity index (χ2n) is 7.44. The van der Waals surface area contributed by atoms with Gasteiger partial charge in [-0.05, 0) is 43.3 Å². The highest BCUT2D eigenvalue weighted by Crippen LogP contribution is 2.17. The number of carbonyl (C=O) groups is 1. The molecule has 6 heteroatoms. The van der Waals surface area contributed by atoms with Crippen LogP contribution in [-0.4, -0.2) is 64.5 Å². The molecule has 0 radical (unpaired) electrons. The minimum absolute atomic E-state index is 0.0245. The maximum atomic E-state index is 13.1. The third-order valence-electron chi connectivity index (χ3n) is 5.33. The molecule has 0 saturated heterocycles. The number of carbonyl (C=O) groups excluding carboxylic acids is 1. The molecule has 0 unspecified atom stereocenters. The van der Waals surface area contributed by atoms with Gasteiger partial charge in [0.15, 0.2) is 0 Å². The van der Waals surface area contributed by atoms with Crippen LogP contribution in [0.2, 0.25) is 0 Å². The van der Waals surface area contributed by atoms with E-state index in [4.69, 9.17) is 0 Å². The van der Waals surface area contributed by atoms with E-state index in [-0.39, 0.29) is 5.91 Å². The number of hydrogen-bond donors (Lipinski definition) is 0. The van der Waals surface area contributed by atoms with Gasteiger partial charge in [-0.3, -0.25) is 9.79 Å². The fourth-order valence-electron chi connectivity index (χ4n) is 3.50. The van der Waals surface area contributed by atoms with Crippen LogP contribution in [0.4, 0.5) is 0 Å². The van der Waals surface area contributed by atoms with Gasteiger partial charge < -0.3 is 9.80 Å². The van der Waals surface area contributed by atoms with Crippen molar-refractivity contribution < 1.29 is 4.79 Å². The fourth-order valence-corrected chi connectivity index (χ4v) is 3.50. The minimum atomic E-state index is -0.0245. The molecular weight excluding hydrogens is 386 g/mol. The Morgan fingerprint density at radius 1 is 1.13 bits per heavy atom. The number of likely N-dealkylation sites (N-methyl/N-ethyl adjacent to an activating group) is 1. The van der Waals surface area contributed by atoms with E-state index in [0.29, 0.717) is 12.1 Å². The minimum Gasteiger partial charge on any atom is -0.357 e. The lowest BCUT2D eigenvalue weighted by atomic mass is 10.1. The van der Waals surface area contributed by atoms with E-state index >= 15 is 0 Å². The Labute approximate surface area is 182 Å². The summed E-state index contributed by atoms with van der Waals surface area (Å²) < 4.78 is 1.77. The molecule has 3 aromatic rings. The summed E-state index contributed by atoms with van der Waals surface area (Å²) in [6, 6.07) is 17.3. The summed E-state index contributed by atoms with van der Waals surface area (Å²) in [6.07, 6.45) is 3.60. The second-order valence-corrected chi connectivity index (χ2v) is 7.44. The lowest BCUT2D eigenvalue weighted by Gasteiger charge is -2.23. The number of amidine groups is 1. The standard InChI is InChI=1S/C25H25N5O/c1-20-26-14-16-29(20)18-17-28(2)25(31)23-11-12-24(30-15-6-13-27-30)22(19-23)10-9-21-7-4-3-5-8-21/h3-8,11-13,15,19H,14,16-18H2,1-2H3. The van der Waals surface area contributed by atoms with Gasteiger partial charge in [0.1, 0.15) is 0 Å². The number of aliphatic imine (C=N–C) groups is 1. The van der Waals surface area contributed by atoms with Crippen molar-refractivity contribution in [2.45, 2.75) is 6.92 Å². The van der Waals surface area contributed by atoms with Crippen LogP contribution in [0.5, 0.6) is 0 Å². The Bertz CT molecular complexity index is 1140. The molecule has 156 valence electrons. The molecule has 0 aliphatic carbocycles. The van der Waals surface area contributed by atoms with Crippen LogP contribution in [0.3, 0.4) is 0 Å². The summed E-state index contributed by atoms with van der Waals surface area (Å²) in [5.74, 6) is 7.44. The molecule has 1 aromatic heterocycles. The van der Waals surface area contributed by atoms with Gasteiger partial charge in [-0.25, -0.2) is 4.68 Å². The van der Waals surface area contributed by atoms with E-state index in [0.717, 1.165) is 42.3 Å². The second kappa shape index (κ2) is 9.31. The molecule has 1 aliphatic heterocycles. The molecule has 0 spiro atoms. The fraction of sp³-hybridized carbons (Fsp3) is 0.240. The van der Waals surface area contributed by atoms with Gasteiger partial charge in [0.25, 0.3) is 5.91 Å². The van der Waals surface area contributed by atoms with Crippen molar-refractivity contribution in [1.29, 1.82) is 0 Å². The topological polar surface area (TPSA) is 53.7 Å². The van der Waals surface area contributed by atoms with Crippen molar-refractivity contribution in [3.63, 3.8) is 0 Å². The molecule has 0 saturated carbocycles. The Balaban J connectivity index is 1.57. The van der Waals surface area contributed by atoms with E-state index in [1.54, 1.807) is 15.8 Å². The molecule has 2 aromatic carbocycles. The van der Waals surface area contributed by atoms with Crippen molar-refractivity contribution in [3.8, 4) is 17.5 Å². The summed E-state index contributed by atoms with van der Waals surface area (Å²) >= 11 is 0. The van der Waals surface area contributed by atoms with Gasteiger partial charge in [0.05, 0.1) is 23.6 Å². The summed E-state index contributed by atoms with van der Waals surface area (Å²) in [5.41, 5.74) is 3.14. The van der Waals surface area contributed by atoms with Crippen LogP contribution >= 0.6 is 0 Å². The first-order valence-electron chi connectivity index (χ1n) is 10.3. The largest absolute Gasteiger partial charge is 0.357 e. The monoisotopic (exact) mass is 411 g/mol. The number of aromatic nitrogens is 2. The van der Waals surface area contributed by atoms with Gasteiger partial charge in [-0.1, -0.05) is 30.0 Å². The number of nitrogens with zero attached hydrogens (tertiary/aromatic N) is 5. The predicted octanol–water partition coefficient (Wildman–Crippen LogP) is 3.08. The molecule has 0 N–H and O–H groups in total. The van der Waals surface area contributed by atoms with E-state index in [2.05, 4.69) is 26.8 Å². The summed E-state index contributed by atoms with van der Waals surface area (Å²) in [7, 11) is 1.83. The lowest BCUT2D eigenvalue weighted by molar-refractivity contribution is 0.0788. The molecular formula is C25H25N5O. The van der Waals surface area contributed by atoms with E-state index in [1.807, 2.05) is 74.8 Å². The van der Waals surface area contributed by atoms with Crippen LogP contribution in [0.25, 0.3) is 5.69 Å². The highest BCUT2D eigenvalue weighted by molar-refractivity contribution is 5.95. The zero-order valence-electron chi connectivity index (χ0n) is 17.8. The number of amides is 1. The summed E-state index contributed by atoms with van der Waals surface area (Å²) in [4.78, 5) is 21.4. The highest BCUT2D eigenvalue weighted by Gasteiger charge is 2.17. The van der Waals surface area contributed by atoms with E-state index in [1.165, 1.54) is 0 Å². The summed E-state index contributed by atoms with van der Waals surface area (Å²) in [6.45, 7) is 5.19. The number of rotatable bonds is 5. The number of benzene rings is 2. The van der Waals surface area contributed by atoms with Crippen LogP contribution in [0, 0.1) is 11.8 Å². The Morgan fingerprint density at radius 3 is 2.68 bits per heavy atom. The SMILES string of the molecule is CC1=NCCN1CCN(C)C(=O)c1ccc(-n2cccn2)c(C#Cc2ccccc2)c1. The molecule has 31 heavy (non-hydrogen) atoms. The first kappa shape index (κ1) is 20.4. The third kappa shape index (κ3) is 4.84. The van der Waals surface area contributed by atoms with Crippen molar-refractivity contribution in [1.82, 2.24) is 19.6 Å². The normalized spacial score (nSPS) is 12.8. The predicted molar refractivity (Wildman–Crippen MR) is 122 cm³/mol. The van der Waals surface area contributed by atoms with Gasteiger partial charge in [-0.15, -0.1) is 0 Å². The highest BCUT2D eigenvalue weighted by atomic mass is 16.2. The zero-order valence-corrected chi connectivity index (χ0v) is 17.8. The van der Waals surface area contributed by atoms with Crippen LogP contribution < -0.4 is 0 Å². The molecule has 2 heterocycles. The Hall–Kier alpha value is -3.85. The van der Waals surface area contributed by atoms with Gasteiger partial charge in [0.2, 0.25) is 0 Å². The summed E-state index contributed by atoms with van der Waals surface area (Å²) in [5, 5.41) is 4.33. The number of hydrogen-bond acceptors (Lipinski definition) is 4. The molecule has 1 amide bonds. The molecule has 4 rings (SSSR count). The molecule has 0 atom stereocenters. The molecule has 0 bridgehead atoms. The average Bonchev–Trinajstić information content (AvgIpc) is 3.48. The van der Waals surface area contributed by atoms with Crippen molar-refractivity contribution in [2.24, 2.45) is 4.99 Å². The first-order valence-corrected chi connectivity index (χ1v) is 10.3. The first-order chi connectivity index (χ1) is 15.1. The van der Waals surface area contributed by atoms with Gasteiger partial charge in [0, 0.05) is 50.2 Å². The van der Waals surface area contributed by atoms with E-state index in [9.17, 15) is 4.79 Å². The van der Waals surface area contributed by atoms with Crippen molar-refractivity contribution in [2.75, 3.05) is 33.2 Å². The molecule has 0 fully saturated rings. The van der Waals surface area contributed by atoms with Crippen LogP contribution in [0.1, 0.15) is 28.4 Å².